The lowest BCUT2D eigenvalue weighted by Gasteiger charge is -2.06. The molecule has 6 nitrogen and oxygen atoms in total. The fourth-order valence-electron chi connectivity index (χ4n) is 1.22. The molecule has 0 spiro atoms. The van der Waals surface area contributed by atoms with Gasteiger partial charge in [0.15, 0.2) is 0 Å². The molecule has 0 aromatic carbocycles. The third kappa shape index (κ3) is 2.68. The minimum atomic E-state index is 0.417. The van der Waals surface area contributed by atoms with E-state index in [9.17, 15) is 0 Å². The predicted octanol–water partition coefficient (Wildman–Crippen LogP) is 1.46. The van der Waals surface area contributed by atoms with Crippen LogP contribution in [0, 0.1) is 11.3 Å². The molecule has 86 valence electrons. The Kier molecular flexibility index (Phi) is 3.47. The number of hydrogen-bond acceptors (Lipinski definition) is 7. The molecule has 2 heterocycles. The van der Waals surface area contributed by atoms with Gasteiger partial charge in [-0.2, -0.15) is 10.2 Å². The standard InChI is InChI=1S/C10H10N6S/c1-12-10-15-5-7(4-11)9(16-10)14-6-8-13-2-3-17-8/h2-3,5H,6H2,1H3,(H2,12,14,15,16). The second kappa shape index (κ2) is 5.23. The van der Waals surface area contributed by atoms with Gasteiger partial charge in [0.2, 0.25) is 5.95 Å². The fourth-order valence-corrected chi connectivity index (χ4v) is 1.77. The topological polar surface area (TPSA) is 86.5 Å². The number of aromatic nitrogens is 3. The van der Waals surface area contributed by atoms with Crippen LogP contribution in [-0.2, 0) is 6.54 Å². The van der Waals surface area contributed by atoms with Crippen LogP contribution in [0.2, 0.25) is 0 Å². The van der Waals surface area contributed by atoms with Crippen molar-refractivity contribution in [1.82, 2.24) is 15.0 Å². The van der Waals surface area contributed by atoms with Crippen LogP contribution in [0.15, 0.2) is 17.8 Å². The lowest BCUT2D eigenvalue weighted by atomic mass is 10.3. The highest BCUT2D eigenvalue weighted by molar-refractivity contribution is 7.09. The van der Waals surface area contributed by atoms with Gasteiger partial charge in [0.25, 0.3) is 0 Å². The van der Waals surface area contributed by atoms with Crippen molar-refractivity contribution < 1.29 is 0 Å². The molecule has 0 saturated carbocycles. The van der Waals surface area contributed by atoms with E-state index in [0.29, 0.717) is 23.9 Å². The first kappa shape index (κ1) is 11.3. The summed E-state index contributed by atoms with van der Waals surface area (Å²) in [5, 5.41) is 17.7. The van der Waals surface area contributed by atoms with Crippen LogP contribution in [0.5, 0.6) is 0 Å². The van der Waals surface area contributed by atoms with Gasteiger partial charge in [0.1, 0.15) is 22.5 Å². The highest BCUT2D eigenvalue weighted by Gasteiger charge is 2.06. The quantitative estimate of drug-likeness (QED) is 0.849. The summed E-state index contributed by atoms with van der Waals surface area (Å²) in [6.45, 7) is 0.548. The molecule has 0 radical (unpaired) electrons. The average molecular weight is 246 g/mol. The predicted molar refractivity (Wildman–Crippen MR) is 65.7 cm³/mol. The third-order valence-electron chi connectivity index (χ3n) is 2.02. The summed E-state index contributed by atoms with van der Waals surface area (Å²) in [6.07, 6.45) is 3.23. The zero-order valence-corrected chi connectivity index (χ0v) is 9.95. The molecular formula is C10H10N6S. The Hall–Kier alpha value is -2.20. The number of anilines is 2. The number of thiazole rings is 1. The zero-order valence-electron chi connectivity index (χ0n) is 9.14. The van der Waals surface area contributed by atoms with Gasteiger partial charge < -0.3 is 10.6 Å². The molecule has 0 unspecified atom stereocenters. The van der Waals surface area contributed by atoms with Crippen molar-refractivity contribution in [2.24, 2.45) is 0 Å². The van der Waals surface area contributed by atoms with E-state index in [2.05, 4.69) is 25.6 Å². The number of nitrogens with one attached hydrogen (secondary N) is 2. The van der Waals surface area contributed by atoms with Crippen molar-refractivity contribution >= 4 is 23.1 Å². The van der Waals surface area contributed by atoms with Gasteiger partial charge in [-0.3, -0.25) is 0 Å². The summed E-state index contributed by atoms with van der Waals surface area (Å²) < 4.78 is 0. The maximum atomic E-state index is 8.94. The Morgan fingerprint density at radius 3 is 3.00 bits per heavy atom. The van der Waals surface area contributed by atoms with E-state index in [1.54, 1.807) is 24.6 Å². The molecule has 0 fully saturated rings. The van der Waals surface area contributed by atoms with Gasteiger partial charge >= 0.3 is 0 Å². The van der Waals surface area contributed by atoms with Crippen molar-refractivity contribution in [2.45, 2.75) is 6.54 Å². The molecule has 0 atom stereocenters. The van der Waals surface area contributed by atoms with Gasteiger partial charge in [0, 0.05) is 18.6 Å². The van der Waals surface area contributed by atoms with Crippen molar-refractivity contribution in [3.05, 3.63) is 28.3 Å². The van der Waals surface area contributed by atoms with E-state index in [4.69, 9.17) is 5.26 Å². The van der Waals surface area contributed by atoms with Crippen LogP contribution in [0.4, 0.5) is 11.8 Å². The van der Waals surface area contributed by atoms with Crippen molar-refractivity contribution in [3.63, 3.8) is 0 Å². The molecule has 2 rings (SSSR count). The molecular weight excluding hydrogens is 236 g/mol. The van der Waals surface area contributed by atoms with E-state index in [1.807, 2.05) is 11.4 Å². The Labute approximate surface area is 102 Å². The summed E-state index contributed by atoms with van der Waals surface area (Å²) in [4.78, 5) is 12.3. The third-order valence-corrected chi connectivity index (χ3v) is 2.80. The molecule has 0 bridgehead atoms. The molecule has 0 saturated heterocycles. The maximum Gasteiger partial charge on any atom is 0.224 e. The Bertz CT molecular complexity index is 530. The highest BCUT2D eigenvalue weighted by atomic mass is 32.1. The van der Waals surface area contributed by atoms with Gasteiger partial charge in [0.05, 0.1) is 12.7 Å². The van der Waals surface area contributed by atoms with Gasteiger partial charge in [-0.25, -0.2) is 9.97 Å². The van der Waals surface area contributed by atoms with Gasteiger partial charge in [-0.1, -0.05) is 0 Å². The minimum absolute atomic E-state index is 0.417. The second-order valence-corrected chi connectivity index (χ2v) is 4.08. The van der Waals surface area contributed by atoms with Crippen molar-refractivity contribution in [2.75, 3.05) is 17.7 Å². The Morgan fingerprint density at radius 1 is 1.47 bits per heavy atom. The van der Waals surface area contributed by atoms with Crippen LogP contribution in [0.25, 0.3) is 0 Å². The van der Waals surface area contributed by atoms with Gasteiger partial charge in [-0.05, 0) is 0 Å². The molecule has 2 aromatic rings. The number of rotatable bonds is 4. The van der Waals surface area contributed by atoms with Gasteiger partial charge in [-0.15, -0.1) is 11.3 Å². The van der Waals surface area contributed by atoms with Crippen LogP contribution in [-0.4, -0.2) is 22.0 Å². The molecule has 0 amide bonds. The van der Waals surface area contributed by atoms with Crippen LogP contribution >= 0.6 is 11.3 Å². The molecule has 0 aliphatic rings. The van der Waals surface area contributed by atoms with E-state index < -0.39 is 0 Å². The van der Waals surface area contributed by atoms with Crippen LogP contribution in [0.1, 0.15) is 10.6 Å². The fraction of sp³-hybridized carbons (Fsp3) is 0.200. The Morgan fingerprint density at radius 2 is 2.35 bits per heavy atom. The number of nitrogens with zero attached hydrogens (tertiary/aromatic N) is 4. The normalized spacial score (nSPS) is 9.65. The summed E-state index contributed by atoms with van der Waals surface area (Å²) in [7, 11) is 1.73. The monoisotopic (exact) mass is 246 g/mol. The first-order chi connectivity index (χ1) is 8.33. The maximum absolute atomic E-state index is 8.94. The molecule has 0 aliphatic heterocycles. The first-order valence-corrected chi connectivity index (χ1v) is 5.78. The van der Waals surface area contributed by atoms with Crippen LogP contribution < -0.4 is 10.6 Å². The second-order valence-electron chi connectivity index (χ2n) is 3.10. The van der Waals surface area contributed by atoms with E-state index in [1.165, 1.54) is 6.20 Å². The first-order valence-electron chi connectivity index (χ1n) is 4.90. The minimum Gasteiger partial charge on any atom is -0.362 e. The molecule has 2 aromatic heterocycles. The largest absolute Gasteiger partial charge is 0.362 e. The molecule has 7 heteroatoms. The smallest absolute Gasteiger partial charge is 0.224 e. The Balaban J connectivity index is 2.16. The summed E-state index contributed by atoms with van der Waals surface area (Å²) in [5.74, 6) is 0.993. The summed E-state index contributed by atoms with van der Waals surface area (Å²) >= 11 is 1.55. The van der Waals surface area contributed by atoms with Crippen molar-refractivity contribution in [3.8, 4) is 6.07 Å². The average Bonchev–Trinajstić information content (AvgIpc) is 2.89. The molecule has 2 N–H and O–H groups in total. The zero-order chi connectivity index (χ0) is 12.1. The van der Waals surface area contributed by atoms with E-state index in [-0.39, 0.29) is 0 Å². The van der Waals surface area contributed by atoms with Crippen LogP contribution in [0.3, 0.4) is 0 Å². The highest BCUT2D eigenvalue weighted by Crippen LogP contribution is 2.14. The van der Waals surface area contributed by atoms with E-state index >= 15 is 0 Å². The summed E-state index contributed by atoms with van der Waals surface area (Å²) in [5.41, 5.74) is 0.417. The number of hydrogen-bond donors (Lipinski definition) is 2. The lowest BCUT2D eigenvalue weighted by molar-refractivity contribution is 1.05. The molecule has 0 aliphatic carbocycles. The SMILES string of the molecule is CNc1ncc(C#N)c(NCc2nccs2)n1. The molecule has 17 heavy (non-hydrogen) atoms. The number of nitriles is 1. The van der Waals surface area contributed by atoms with Crippen molar-refractivity contribution in [1.29, 1.82) is 5.26 Å². The lowest BCUT2D eigenvalue weighted by Crippen LogP contribution is -2.06. The summed E-state index contributed by atoms with van der Waals surface area (Å²) in [6, 6.07) is 2.04. The van der Waals surface area contributed by atoms with E-state index in [0.717, 1.165) is 5.01 Å².